The first kappa shape index (κ1) is 18.9. The molecule has 1 aromatic rings. The van der Waals surface area contributed by atoms with Gasteiger partial charge in [0.15, 0.2) is 0 Å². The van der Waals surface area contributed by atoms with Gasteiger partial charge in [-0.25, -0.2) is 0 Å². The summed E-state index contributed by atoms with van der Waals surface area (Å²) in [5, 5.41) is 9.69. The first-order valence-electron chi connectivity index (χ1n) is 7.81. The Morgan fingerprint density at radius 3 is 2.56 bits per heavy atom. The van der Waals surface area contributed by atoms with Gasteiger partial charge in [-0.2, -0.15) is 0 Å². The number of methoxy groups -OCH3 is 1. The van der Waals surface area contributed by atoms with Crippen molar-refractivity contribution in [3.63, 3.8) is 0 Å². The molecule has 1 N–H and O–H groups in total. The van der Waals surface area contributed by atoms with E-state index in [0.29, 0.717) is 5.56 Å². The number of amides is 2. The molecule has 2 rings (SSSR count). The quantitative estimate of drug-likeness (QED) is 0.613. The third-order valence-corrected chi connectivity index (χ3v) is 4.73. The number of imide groups is 1. The molecule has 134 valence electrons. The molecule has 2 amide bonds. The lowest BCUT2D eigenvalue weighted by atomic mass is 10.1. The number of rotatable bonds is 6. The minimum atomic E-state index is -0.671. The normalized spacial score (nSPS) is 15.8. The Hall–Kier alpha value is -2.48. The smallest absolute Gasteiger partial charge is 0.325 e. The molecule has 0 spiro atoms. The summed E-state index contributed by atoms with van der Waals surface area (Å²) in [6.07, 6.45) is 1.45. The van der Waals surface area contributed by atoms with Gasteiger partial charge in [0.05, 0.1) is 12.0 Å². The van der Waals surface area contributed by atoms with Gasteiger partial charge in [-0.1, -0.05) is 0 Å². The molecule has 1 fully saturated rings. The number of benzene rings is 1. The third-order valence-electron chi connectivity index (χ3n) is 3.82. The van der Waals surface area contributed by atoms with Crippen LogP contribution in [0.3, 0.4) is 0 Å². The lowest BCUT2D eigenvalue weighted by Crippen LogP contribution is -2.34. The minimum Gasteiger partial charge on any atom is -0.507 e. The molecule has 0 bridgehead atoms. The topological polar surface area (TPSA) is 87.2 Å². The predicted molar refractivity (Wildman–Crippen MR) is 96.4 cm³/mol. The highest BCUT2D eigenvalue weighted by atomic mass is 32.2. The van der Waals surface area contributed by atoms with Crippen LogP contribution in [0.1, 0.15) is 19.4 Å². The standard InChI is InChI=1S/C17H20N2O5S/c1-4-18(5-2)12-7-6-11(13(20)9-12)8-14-16(22)19(17(23)25-14)10-15(21)24-3/h6-9,20H,4-5,10H2,1-3H3/b14-8-. The highest BCUT2D eigenvalue weighted by molar-refractivity contribution is 8.18. The van der Waals surface area contributed by atoms with Gasteiger partial charge >= 0.3 is 5.97 Å². The molecule has 25 heavy (non-hydrogen) atoms. The van der Waals surface area contributed by atoms with Gasteiger partial charge in [0.1, 0.15) is 12.3 Å². The summed E-state index contributed by atoms with van der Waals surface area (Å²) >= 11 is 0.727. The van der Waals surface area contributed by atoms with Crippen molar-refractivity contribution in [2.24, 2.45) is 0 Å². The first-order valence-corrected chi connectivity index (χ1v) is 8.63. The Bertz CT molecular complexity index is 728. The third kappa shape index (κ3) is 4.14. The van der Waals surface area contributed by atoms with E-state index in [0.717, 1.165) is 35.4 Å². The maximum absolute atomic E-state index is 12.3. The summed E-state index contributed by atoms with van der Waals surface area (Å²) < 4.78 is 4.48. The van der Waals surface area contributed by atoms with Gasteiger partial charge in [-0.3, -0.25) is 19.3 Å². The van der Waals surface area contributed by atoms with Crippen molar-refractivity contribution < 1.29 is 24.2 Å². The van der Waals surface area contributed by atoms with E-state index < -0.39 is 23.7 Å². The maximum atomic E-state index is 12.3. The molecule has 8 heteroatoms. The summed E-state index contributed by atoms with van der Waals surface area (Å²) in [6.45, 7) is 5.23. The van der Waals surface area contributed by atoms with Crippen LogP contribution in [-0.4, -0.2) is 53.9 Å². The summed E-state index contributed by atoms with van der Waals surface area (Å²) in [4.78, 5) is 38.5. The van der Waals surface area contributed by atoms with Crippen LogP contribution in [0, 0.1) is 0 Å². The van der Waals surface area contributed by atoms with Gasteiger partial charge in [-0.15, -0.1) is 0 Å². The lowest BCUT2D eigenvalue weighted by molar-refractivity contribution is -0.143. The van der Waals surface area contributed by atoms with E-state index in [1.165, 1.54) is 13.2 Å². The first-order chi connectivity index (χ1) is 11.9. The van der Waals surface area contributed by atoms with E-state index in [1.54, 1.807) is 12.1 Å². The Morgan fingerprint density at radius 2 is 2.00 bits per heavy atom. The van der Waals surface area contributed by atoms with Crippen LogP contribution >= 0.6 is 11.8 Å². The Balaban J connectivity index is 2.24. The highest BCUT2D eigenvalue weighted by Crippen LogP contribution is 2.34. The van der Waals surface area contributed by atoms with Crippen LogP contribution in [-0.2, 0) is 14.3 Å². The van der Waals surface area contributed by atoms with Crippen molar-refractivity contribution in [2.75, 3.05) is 31.6 Å². The van der Waals surface area contributed by atoms with Gasteiger partial charge in [0, 0.05) is 30.4 Å². The molecule has 0 atom stereocenters. The highest BCUT2D eigenvalue weighted by Gasteiger charge is 2.36. The van der Waals surface area contributed by atoms with Gasteiger partial charge in [0.2, 0.25) is 0 Å². The number of hydrogen-bond donors (Lipinski definition) is 1. The number of ether oxygens (including phenoxy) is 1. The zero-order valence-electron chi connectivity index (χ0n) is 14.3. The van der Waals surface area contributed by atoms with E-state index in [4.69, 9.17) is 0 Å². The Kier molecular flexibility index (Phi) is 6.08. The number of phenolic OH excluding ortho intramolecular Hbond substituents is 1. The number of esters is 1. The molecule has 0 unspecified atom stereocenters. The monoisotopic (exact) mass is 364 g/mol. The van der Waals surface area contributed by atoms with Crippen LogP contribution in [0.5, 0.6) is 5.75 Å². The fourth-order valence-corrected chi connectivity index (χ4v) is 3.24. The van der Waals surface area contributed by atoms with Crippen molar-refractivity contribution in [1.29, 1.82) is 0 Å². The van der Waals surface area contributed by atoms with E-state index in [9.17, 15) is 19.5 Å². The predicted octanol–water partition coefficient (Wildman–Crippen LogP) is 2.45. The molecule has 0 aliphatic carbocycles. The second-order valence-electron chi connectivity index (χ2n) is 5.26. The van der Waals surface area contributed by atoms with Crippen molar-refractivity contribution in [2.45, 2.75) is 13.8 Å². The van der Waals surface area contributed by atoms with Crippen molar-refractivity contribution in [3.8, 4) is 5.75 Å². The van der Waals surface area contributed by atoms with Gasteiger partial charge < -0.3 is 14.7 Å². The lowest BCUT2D eigenvalue weighted by Gasteiger charge is -2.21. The van der Waals surface area contributed by atoms with E-state index in [1.807, 2.05) is 19.9 Å². The molecule has 1 aliphatic rings. The molecule has 0 saturated carbocycles. The number of aromatic hydroxyl groups is 1. The SMILES string of the molecule is CCN(CC)c1ccc(/C=C2\SC(=O)N(CC(=O)OC)C2=O)c(O)c1. The molecule has 1 aliphatic heterocycles. The Labute approximate surface area is 150 Å². The molecular weight excluding hydrogens is 344 g/mol. The minimum absolute atomic E-state index is 0.0177. The van der Waals surface area contributed by atoms with Crippen LogP contribution < -0.4 is 4.90 Å². The van der Waals surface area contributed by atoms with E-state index in [2.05, 4.69) is 9.64 Å². The second-order valence-corrected chi connectivity index (χ2v) is 6.25. The largest absolute Gasteiger partial charge is 0.507 e. The van der Waals surface area contributed by atoms with E-state index in [-0.39, 0.29) is 10.7 Å². The zero-order valence-corrected chi connectivity index (χ0v) is 15.1. The average Bonchev–Trinajstić information content (AvgIpc) is 2.85. The molecule has 1 heterocycles. The van der Waals surface area contributed by atoms with Crippen LogP contribution in [0.4, 0.5) is 10.5 Å². The van der Waals surface area contributed by atoms with Gasteiger partial charge in [-0.05, 0) is 43.8 Å². The number of anilines is 1. The van der Waals surface area contributed by atoms with Crippen LogP contribution in [0.15, 0.2) is 23.1 Å². The van der Waals surface area contributed by atoms with Crippen LogP contribution in [0.25, 0.3) is 6.08 Å². The van der Waals surface area contributed by atoms with Crippen molar-refractivity contribution >= 4 is 40.6 Å². The van der Waals surface area contributed by atoms with Gasteiger partial charge in [0.25, 0.3) is 11.1 Å². The molecule has 7 nitrogen and oxygen atoms in total. The summed E-state index contributed by atoms with van der Waals surface area (Å²) in [5.41, 5.74) is 1.30. The van der Waals surface area contributed by atoms with E-state index >= 15 is 0 Å². The average molecular weight is 364 g/mol. The number of nitrogens with zero attached hydrogens (tertiary/aromatic N) is 2. The summed E-state index contributed by atoms with van der Waals surface area (Å²) in [6, 6.07) is 5.16. The number of carbonyl (C=O) groups excluding carboxylic acids is 3. The molecule has 0 aromatic heterocycles. The summed E-state index contributed by atoms with van der Waals surface area (Å²) in [5.74, 6) is -1.23. The Morgan fingerprint density at radius 1 is 1.32 bits per heavy atom. The summed E-state index contributed by atoms with van der Waals surface area (Å²) in [7, 11) is 1.19. The molecular formula is C17H20N2O5S. The fourth-order valence-electron chi connectivity index (χ4n) is 2.41. The van der Waals surface area contributed by atoms with Crippen molar-refractivity contribution in [3.05, 3.63) is 28.7 Å². The number of carbonyl (C=O) groups is 3. The number of phenols is 1. The maximum Gasteiger partial charge on any atom is 0.325 e. The second kappa shape index (κ2) is 8.06. The molecule has 1 aromatic carbocycles. The zero-order chi connectivity index (χ0) is 18.6. The molecule has 0 radical (unpaired) electrons. The van der Waals surface area contributed by atoms with Crippen molar-refractivity contribution in [1.82, 2.24) is 4.90 Å². The number of hydrogen-bond acceptors (Lipinski definition) is 7. The van der Waals surface area contributed by atoms with Crippen LogP contribution in [0.2, 0.25) is 0 Å². The number of thioether (sulfide) groups is 1. The fraction of sp³-hybridized carbons (Fsp3) is 0.353. The molecule has 1 saturated heterocycles.